The average molecular weight is 515 g/mol. The van der Waals surface area contributed by atoms with Crippen LogP contribution in [0.15, 0.2) is 18.5 Å². The third-order valence-corrected chi connectivity index (χ3v) is 4.76. The van der Waals surface area contributed by atoms with Crippen molar-refractivity contribution in [2.45, 2.75) is 52.2 Å². The topological polar surface area (TPSA) is 83.0 Å². The van der Waals surface area contributed by atoms with Gasteiger partial charge in [-0.1, -0.05) is 5.92 Å². The summed E-state index contributed by atoms with van der Waals surface area (Å²) in [6, 6.07) is 0.605. The molecular weight excluding hydrogens is 493 g/mol. The molecule has 36 heavy (non-hydrogen) atoms. The molecule has 1 aromatic carbocycles. The number of ether oxygens (including phenoxy) is 4. The van der Waals surface area contributed by atoms with Crippen LogP contribution < -0.4 is 14.2 Å². The van der Waals surface area contributed by atoms with E-state index in [0.717, 1.165) is 6.33 Å². The number of halogens is 5. The number of benzene rings is 1. The smallest absolute Gasteiger partial charge is 0.473 e. The molecule has 1 aromatic heterocycles. The van der Waals surface area contributed by atoms with Gasteiger partial charge in [0, 0.05) is 38.1 Å². The lowest BCUT2D eigenvalue weighted by Crippen LogP contribution is -2.42. The second-order valence-electron chi connectivity index (χ2n) is 7.83. The van der Waals surface area contributed by atoms with E-state index in [0.29, 0.717) is 32.0 Å². The van der Waals surface area contributed by atoms with E-state index in [1.807, 2.05) is 0 Å². The quantitative estimate of drug-likeness (QED) is 0.386. The van der Waals surface area contributed by atoms with E-state index in [9.17, 15) is 26.7 Å². The molecule has 2 aromatic rings. The Hall–Kier alpha value is -3.82. The van der Waals surface area contributed by atoms with Crippen LogP contribution in [0.25, 0.3) is 0 Å². The van der Waals surface area contributed by atoms with Crippen LogP contribution in [0.2, 0.25) is 0 Å². The summed E-state index contributed by atoms with van der Waals surface area (Å²) in [6.07, 6.45) is -4.23. The lowest BCUT2D eigenvalue weighted by molar-refractivity contribution is -0.275. The molecular formula is C23H22F5N3O5. The molecule has 0 saturated carbocycles. The lowest BCUT2D eigenvalue weighted by atomic mass is 10.1. The molecule has 2 heterocycles. The van der Waals surface area contributed by atoms with Crippen LogP contribution in [0.5, 0.6) is 23.3 Å². The SMILES string of the molecule is CC#Cc1c(Oc2cc(F)c(OC(F)(F)F)cc2F)ncnc1OC1CCN(C(=O)OC(C)C)CC1. The number of aromatic nitrogens is 2. The Labute approximate surface area is 203 Å². The monoisotopic (exact) mass is 515 g/mol. The minimum atomic E-state index is -5.21. The summed E-state index contributed by atoms with van der Waals surface area (Å²) < 4.78 is 85.4. The highest BCUT2D eigenvalue weighted by Gasteiger charge is 2.33. The van der Waals surface area contributed by atoms with Crippen LogP contribution in [0.3, 0.4) is 0 Å². The number of piperidine rings is 1. The van der Waals surface area contributed by atoms with Crippen LogP contribution in [0.4, 0.5) is 26.7 Å². The van der Waals surface area contributed by atoms with Gasteiger partial charge in [-0.2, -0.15) is 0 Å². The van der Waals surface area contributed by atoms with Gasteiger partial charge in [0.15, 0.2) is 23.1 Å². The Kier molecular flexibility index (Phi) is 8.39. The van der Waals surface area contributed by atoms with Crippen molar-refractivity contribution in [3.8, 4) is 35.1 Å². The van der Waals surface area contributed by atoms with Gasteiger partial charge in [-0.15, -0.1) is 19.1 Å². The van der Waals surface area contributed by atoms with E-state index < -0.39 is 35.6 Å². The van der Waals surface area contributed by atoms with Crippen molar-refractivity contribution in [1.29, 1.82) is 0 Å². The molecule has 1 aliphatic heterocycles. The van der Waals surface area contributed by atoms with E-state index in [1.54, 1.807) is 18.7 Å². The number of carbonyl (C=O) groups is 1. The molecule has 0 atom stereocenters. The maximum absolute atomic E-state index is 14.4. The number of nitrogens with zero attached hydrogens (tertiary/aromatic N) is 3. The van der Waals surface area contributed by atoms with Crippen molar-refractivity contribution in [2.75, 3.05) is 13.1 Å². The third-order valence-electron chi connectivity index (χ3n) is 4.76. The first-order valence-electron chi connectivity index (χ1n) is 10.8. The van der Waals surface area contributed by atoms with E-state index in [1.165, 1.54) is 6.92 Å². The zero-order valence-corrected chi connectivity index (χ0v) is 19.5. The average Bonchev–Trinajstić information content (AvgIpc) is 2.78. The van der Waals surface area contributed by atoms with Crippen molar-refractivity contribution in [2.24, 2.45) is 0 Å². The molecule has 3 rings (SSSR count). The highest BCUT2D eigenvalue weighted by molar-refractivity contribution is 5.67. The van der Waals surface area contributed by atoms with E-state index >= 15 is 0 Å². The largest absolute Gasteiger partial charge is 0.573 e. The summed E-state index contributed by atoms with van der Waals surface area (Å²) in [4.78, 5) is 21.5. The maximum Gasteiger partial charge on any atom is 0.573 e. The van der Waals surface area contributed by atoms with Gasteiger partial charge < -0.3 is 23.8 Å². The van der Waals surface area contributed by atoms with Gasteiger partial charge in [-0.25, -0.2) is 23.5 Å². The fourth-order valence-electron chi connectivity index (χ4n) is 3.24. The number of carbonyl (C=O) groups excluding carboxylic acids is 1. The van der Waals surface area contributed by atoms with Gasteiger partial charge in [0.2, 0.25) is 11.8 Å². The van der Waals surface area contributed by atoms with Crippen molar-refractivity contribution < 1.29 is 45.7 Å². The number of hydrogen-bond acceptors (Lipinski definition) is 7. The Balaban J connectivity index is 1.77. The molecule has 0 spiro atoms. The normalized spacial score (nSPS) is 14.2. The Morgan fingerprint density at radius 2 is 1.69 bits per heavy atom. The molecule has 1 saturated heterocycles. The van der Waals surface area contributed by atoms with Gasteiger partial charge in [-0.3, -0.25) is 0 Å². The number of hydrogen-bond donors (Lipinski definition) is 0. The van der Waals surface area contributed by atoms with Crippen LogP contribution >= 0.6 is 0 Å². The summed E-state index contributed by atoms with van der Waals surface area (Å²) in [6.45, 7) is 5.78. The fraction of sp³-hybridized carbons (Fsp3) is 0.435. The molecule has 1 amide bonds. The molecule has 1 fully saturated rings. The van der Waals surface area contributed by atoms with Crippen molar-refractivity contribution in [1.82, 2.24) is 14.9 Å². The highest BCUT2D eigenvalue weighted by atomic mass is 19.4. The molecule has 1 aliphatic rings. The predicted octanol–water partition coefficient (Wildman–Crippen LogP) is 5.21. The minimum absolute atomic E-state index is 0.00969. The van der Waals surface area contributed by atoms with E-state index in [-0.39, 0.29) is 35.6 Å². The Morgan fingerprint density at radius 1 is 1.08 bits per heavy atom. The van der Waals surface area contributed by atoms with Gasteiger partial charge in [-0.05, 0) is 20.8 Å². The zero-order chi connectivity index (χ0) is 26.5. The molecule has 8 nitrogen and oxygen atoms in total. The first-order valence-corrected chi connectivity index (χ1v) is 10.8. The predicted molar refractivity (Wildman–Crippen MR) is 115 cm³/mol. The van der Waals surface area contributed by atoms with Crippen LogP contribution in [0.1, 0.15) is 39.2 Å². The molecule has 0 bridgehead atoms. The van der Waals surface area contributed by atoms with Crippen molar-refractivity contribution in [3.05, 3.63) is 35.7 Å². The molecule has 13 heteroatoms. The summed E-state index contributed by atoms with van der Waals surface area (Å²) in [5, 5.41) is 0. The number of amides is 1. The van der Waals surface area contributed by atoms with E-state index in [4.69, 9.17) is 14.2 Å². The standard InChI is InChI=1S/C23H22F5N3O5/c1-4-5-15-20(34-14-6-8-31(9-7-14)22(32)33-13(2)3)29-12-30-21(15)35-18-10-17(25)19(11-16(18)24)36-23(26,27)28/h10-14H,6-9H2,1-3H3. The summed E-state index contributed by atoms with van der Waals surface area (Å²) in [5.41, 5.74) is 0.0251. The molecule has 0 aliphatic carbocycles. The van der Waals surface area contributed by atoms with Gasteiger partial charge in [0.05, 0.1) is 6.10 Å². The highest BCUT2D eigenvalue weighted by Crippen LogP contribution is 2.35. The minimum Gasteiger partial charge on any atom is -0.473 e. The lowest BCUT2D eigenvalue weighted by Gasteiger charge is -2.31. The molecule has 194 valence electrons. The summed E-state index contributed by atoms with van der Waals surface area (Å²) in [5.74, 6) is 0.0865. The van der Waals surface area contributed by atoms with Crippen LogP contribution in [-0.2, 0) is 4.74 Å². The second kappa shape index (κ2) is 11.3. The summed E-state index contributed by atoms with van der Waals surface area (Å²) in [7, 11) is 0. The second-order valence-corrected chi connectivity index (χ2v) is 7.83. The Morgan fingerprint density at radius 3 is 2.31 bits per heavy atom. The zero-order valence-electron chi connectivity index (χ0n) is 19.5. The Bertz CT molecular complexity index is 1160. The van der Waals surface area contributed by atoms with Crippen LogP contribution in [0, 0.1) is 23.5 Å². The first-order chi connectivity index (χ1) is 17.0. The maximum atomic E-state index is 14.4. The molecule has 0 N–H and O–H groups in total. The molecule has 0 unspecified atom stereocenters. The number of likely N-dealkylation sites (tertiary alicyclic amines) is 1. The van der Waals surface area contributed by atoms with Gasteiger partial charge in [0.25, 0.3) is 0 Å². The summed E-state index contributed by atoms with van der Waals surface area (Å²) >= 11 is 0. The van der Waals surface area contributed by atoms with Crippen molar-refractivity contribution >= 4 is 6.09 Å². The third kappa shape index (κ3) is 7.10. The van der Waals surface area contributed by atoms with Gasteiger partial charge >= 0.3 is 12.5 Å². The fourth-order valence-corrected chi connectivity index (χ4v) is 3.24. The van der Waals surface area contributed by atoms with Crippen LogP contribution in [-0.4, -0.2) is 52.6 Å². The number of alkyl halides is 3. The molecule has 0 radical (unpaired) electrons. The van der Waals surface area contributed by atoms with Crippen molar-refractivity contribution in [3.63, 3.8) is 0 Å². The van der Waals surface area contributed by atoms with E-state index in [2.05, 4.69) is 26.5 Å². The van der Waals surface area contributed by atoms with Gasteiger partial charge in [0.1, 0.15) is 18.0 Å². The number of rotatable bonds is 6. The first kappa shape index (κ1) is 26.8.